The molecule has 21 heavy (non-hydrogen) atoms. The monoisotopic (exact) mass is 286 g/mol. The Bertz CT molecular complexity index is 649. The molecule has 3 rings (SSSR count). The molecule has 1 aromatic carbocycles. The average molecular weight is 286 g/mol. The molecular weight excluding hydrogens is 268 g/mol. The fourth-order valence-corrected chi connectivity index (χ4v) is 2.37. The second-order valence-corrected chi connectivity index (χ2v) is 5.03. The Morgan fingerprint density at radius 1 is 1.29 bits per heavy atom. The molecule has 0 N–H and O–H groups in total. The van der Waals surface area contributed by atoms with Crippen LogP contribution in [0.1, 0.15) is 30.1 Å². The van der Waals surface area contributed by atoms with Crippen molar-refractivity contribution in [2.75, 3.05) is 13.2 Å². The number of aromatic nitrogens is 2. The Balaban J connectivity index is 1.95. The van der Waals surface area contributed by atoms with Gasteiger partial charge in [-0.05, 0) is 24.6 Å². The van der Waals surface area contributed by atoms with Crippen molar-refractivity contribution in [2.45, 2.75) is 26.3 Å². The molecule has 5 heteroatoms. The lowest BCUT2D eigenvalue weighted by molar-refractivity contribution is 0.112. The van der Waals surface area contributed by atoms with Gasteiger partial charge in [0.2, 0.25) is 0 Å². The maximum atomic E-state index is 11.3. The summed E-state index contributed by atoms with van der Waals surface area (Å²) >= 11 is 0. The van der Waals surface area contributed by atoms with Crippen molar-refractivity contribution in [1.29, 1.82) is 0 Å². The van der Waals surface area contributed by atoms with Crippen molar-refractivity contribution in [3.8, 4) is 22.8 Å². The number of ether oxygens (including phenoxy) is 2. The van der Waals surface area contributed by atoms with E-state index >= 15 is 0 Å². The van der Waals surface area contributed by atoms with Crippen LogP contribution in [0.4, 0.5) is 0 Å². The topological polar surface area (TPSA) is 53.4 Å². The van der Waals surface area contributed by atoms with Gasteiger partial charge in [0, 0.05) is 18.3 Å². The summed E-state index contributed by atoms with van der Waals surface area (Å²) in [7, 11) is 0. The van der Waals surface area contributed by atoms with Crippen molar-refractivity contribution in [2.24, 2.45) is 0 Å². The van der Waals surface area contributed by atoms with Crippen LogP contribution in [0, 0.1) is 0 Å². The van der Waals surface area contributed by atoms with Gasteiger partial charge in [-0.1, -0.05) is 13.3 Å². The highest BCUT2D eigenvalue weighted by Gasteiger charge is 2.16. The summed E-state index contributed by atoms with van der Waals surface area (Å²) < 4.78 is 12.9. The van der Waals surface area contributed by atoms with Gasteiger partial charge in [-0.3, -0.25) is 9.48 Å². The maximum absolute atomic E-state index is 11.3. The van der Waals surface area contributed by atoms with Crippen molar-refractivity contribution in [3.63, 3.8) is 0 Å². The molecule has 0 aliphatic carbocycles. The normalized spacial score (nSPS) is 13.2. The molecule has 0 fully saturated rings. The first-order valence-electron chi connectivity index (χ1n) is 7.24. The average Bonchev–Trinajstić information content (AvgIpc) is 2.95. The van der Waals surface area contributed by atoms with Gasteiger partial charge in [0.05, 0.1) is 5.56 Å². The van der Waals surface area contributed by atoms with Gasteiger partial charge in [0.15, 0.2) is 17.8 Å². The molecule has 0 radical (unpaired) electrons. The smallest absolute Gasteiger partial charge is 0.162 e. The number of nitrogens with zero attached hydrogens (tertiary/aromatic N) is 2. The third-order valence-electron chi connectivity index (χ3n) is 3.47. The molecule has 1 aliphatic rings. The van der Waals surface area contributed by atoms with Crippen molar-refractivity contribution in [3.05, 3.63) is 30.0 Å². The van der Waals surface area contributed by atoms with Crippen molar-refractivity contribution >= 4 is 6.29 Å². The molecule has 0 unspecified atom stereocenters. The molecule has 2 aromatic rings. The zero-order chi connectivity index (χ0) is 14.7. The fraction of sp³-hybridized carbons (Fsp3) is 0.375. The number of carbonyl (C=O) groups excluding carboxylic acids is 1. The predicted molar refractivity (Wildman–Crippen MR) is 78.9 cm³/mol. The van der Waals surface area contributed by atoms with E-state index in [4.69, 9.17) is 9.47 Å². The Kier molecular flexibility index (Phi) is 3.90. The number of aryl methyl sites for hydroxylation is 1. The number of benzene rings is 1. The van der Waals surface area contributed by atoms with Crippen LogP contribution in [0.2, 0.25) is 0 Å². The molecule has 0 spiro atoms. The minimum atomic E-state index is 0.544. The lowest BCUT2D eigenvalue weighted by Gasteiger charge is -2.18. The summed E-state index contributed by atoms with van der Waals surface area (Å²) in [6, 6.07) is 5.66. The molecule has 0 atom stereocenters. The van der Waals surface area contributed by atoms with Crippen LogP contribution >= 0.6 is 0 Å². The number of unbranched alkanes of at least 4 members (excludes halogenated alkanes) is 1. The lowest BCUT2D eigenvalue weighted by Crippen LogP contribution is -2.15. The first-order valence-corrected chi connectivity index (χ1v) is 7.24. The van der Waals surface area contributed by atoms with Crippen LogP contribution in [0.3, 0.4) is 0 Å². The first-order chi connectivity index (χ1) is 10.3. The van der Waals surface area contributed by atoms with E-state index in [0.29, 0.717) is 30.2 Å². The summed E-state index contributed by atoms with van der Waals surface area (Å²) in [5, 5.41) is 4.53. The number of hydrogen-bond donors (Lipinski definition) is 0. The summed E-state index contributed by atoms with van der Waals surface area (Å²) in [5.74, 6) is 1.45. The van der Waals surface area contributed by atoms with Crippen LogP contribution < -0.4 is 9.47 Å². The van der Waals surface area contributed by atoms with Crippen LogP contribution in [0.25, 0.3) is 11.3 Å². The first kappa shape index (κ1) is 13.7. The summed E-state index contributed by atoms with van der Waals surface area (Å²) in [5.41, 5.74) is 2.16. The zero-order valence-corrected chi connectivity index (χ0v) is 12.0. The highest BCUT2D eigenvalue weighted by Crippen LogP contribution is 2.34. The van der Waals surface area contributed by atoms with Crippen LogP contribution in [-0.4, -0.2) is 29.3 Å². The second kappa shape index (κ2) is 5.99. The highest BCUT2D eigenvalue weighted by atomic mass is 16.6. The van der Waals surface area contributed by atoms with Gasteiger partial charge >= 0.3 is 0 Å². The Labute approximate surface area is 123 Å². The molecule has 110 valence electrons. The standard InChI is InChI=1S/C16H18N2O3/c1-2-3-6-18-10-13(11-19)16(17-18)12-4-5-14-15(9-12)21-8-7-20-14/h4-5,9-11H,2-3,6-8H2,1H3. The quantitative estimate of drug-likeness (QED) is 0.793. The van der Waals surface area contributed by atoms with Crippen molar-refractivity contribution < 1.29 is 14.3 Å². The number of rotatable bonds is 5. The van der Waals surface area contributed by atoms with Gasteiger partial charge in [0.25, 0.3) is 0 Å². The van der Waals surface area contributed by atoms with Crippen LogP contribution in [0.5, 0.6) is 11.5 Å². The molecule has 5 nitrogen and oxygen atoms in total. The lowest BCUT2D eigenvalue weighted by atomic mass is 10.1. The third-order valence-corrected chi connectivity index (χ3v) is 3.47. The predicted octanol–water partition coefficient (Wildman–Crippen LogP) is 2.93. The Morgan fingerprint density at radius 2 is 2.10 bits per heavy atom. The number of hydrogen-bond acceptors (Lipinski definition) is 4. The fourth-order valence-electron chi connectivity index (χ4n) is 2.37. The van der Waals surface area contributed by atoms with E-state index in [0.717, 1.165) is 37.0 Å². The molecule has 0 bridgehead atoms. The third kappa shape index (κ3) is 2.77. The van der Waals surface area contributed by atoms with E-state index < -0.39 is 0 Å². The summed E-state index contributed by atoms with van der Waals surface area (Å²) in [4.78, 5) is 11.3. The minimum absolute atomic E-state index is 0.544. The van der Waals surface area contributed by atoms with Crippen molar-refractivity contribution in [1.82, 2.24) is 9.78 Å². The van der Waals surface area contributed by atoms with Gasteiger partial charge in [-0.25, -0.2) is 0 Å². The molecule has 2 heterocycles. The largest absolute Gasteiger partial charge is 0.486 e. The second-order valence-electron chi connectivity index (χ2n) is 5.03. The molecule has 0 saturated carbocycles. The van der Waals surface area contributed by atoms with Gasteiger partial charge in [-0.15, -0.1) is 0 Å². The molecule has 1 aromatic heterocycles. The summed E-state index contributed by atoms with van der Waals surface area (Å²) in [6.07, 6.45) is 4.78. The highest BCUT2D eigenvalue weighted by molar-refractivity contribution is 5.85. The number of carbonyl (C=O) groups is 1. The zero-order valence-electron chi connectivity index (χ0n) is 12.0. The van der Waals surface area contributed by atoms with Gasteiger partial charge < -0.3 is 9.47 Å². The SMILES string of the molecule is CCCCn1cc(C=O)c(-c2ccc3c(c2)OCCO3)n1. The van der Waals surface area contributed by atoms with E-state index in [1.165, 1.54) is 0 Å². The Morgan fingerprint density at radius 3 is 2.86 bits per heavy atom. The van der Waals surface area contributed by atoms with Gasteiger partial charge in [0.1, 0.15) is 18.9 Å². The molecule has 0 amide bonds. The summed E-state index contributed by atoms with van der Waals surface area (Å²) in [6.45, 7) is 4.06. The number of fused-ring (bicyclic) bond motifs is 1. The Hall–Kier alpha value is -2.30. The van der Waals surface area contributed by atoms with E-state index in [-0.39, 0.29) is 0 Å². The number of aldehydes is 1. The van der Waals surface area contributed by atoms with E-state index in [2.05, 4.69) is 12.0 Å². The van der Waals surface area contributed by atoms with Gasteiger partial charge in [-0.2, -0.15) is 5.10 Å². The van der Waals surface area contributed by atoms with E-state index in [9.17, 15) is 4.79 Å². The maximum Gasteiger partial charge on any atom is 0.162 e. The molecular formula is C16H18N2O3. The van der Waals surface area contributed by atoms with E-state index in [1.54, 1.807) is 6.20 Å². The minimum Gasteiger partial charge on any atom is -0.486 e. The van der Waals surface area contributed by atoms with Crippen LogP contribution in [0.15, 0.2) is 24.4 Å². The van der Waals surface area contributed by atoms with E-state index in [1.807, 2.05) is 22.9 Å². The molecule has 0 saturated heterocycles. The molecule has 1 aliphatic heterocycles. The van der Waals surface area contributed by atoms with Crippen LogP contribution in [-0.2, 0) is 6.54 Å².